The molecule has 1 amide bonds. The fourth-order valence-corrected chi connectivity index (χ4v) is 2.63. The van der Waals surface area contributed by atoms with Crippen molar-refractivity contribution in [2.75, 3.05) is 11.1 Å². The summed E-state index contributed by atoms with van der Waals surface area (Å²) in [6, 6.07) is 9.24. The van der Waals surface area contributed by atoms with Gasteiger partial charge in [0.15, 0.2) is 0 Å². The van der Waals surface area contributed by atoms with Crippen LogP contribution in [-0.2, 0) is 0 Å². The van der Waals surface area contributed by atoms with E-state index in [4.69, 9.17) is 17.3 Å². The van der Waals surface area contributed by atoms with Crippen LogP contribution in [0.4, 0.5) is 17.1 Å². The molecule has 2 aromatic carbocycles. The number of nitro groups is 1. The highest BCUT2D eigenvalue weighted by atomic mass is 127. The van der Waals surface area contributed by atoms with Crippen LogP contribution in [0, 0.1) is 13.7 Å². The summed E-state index contributed by atoms with van der Waals surface area (Å²) in [7, 11) is 0. The second-order valence-corrected chi connectivity index (χ2v) is 5.73. The third kappa shape index (κ3) is 3.42. The van der Waals surface area contributed by atoms with Gasteiger partial charge in [0.2, 0.25) is 0 Å². The van der Waals surface area contributed by atoms with E-state index in [1.165, 1.54) is 18.2 Å². The molecule has 2 aromatic rings. The zero-order valence-electron chi connectivity index (χ0n) is 10.5. The summed E-state index contributed by atoms with van der Waals surface area (Å²) >= 11 is 8.10. The molecule has 8 heteroatoms. The minimum absolute atomic E-state index is 0.0682. The van der Waals surface area contributed by atoms with Crippen LogP contribution in [0.15, 0.2) is 36.4 Å². The van der Waals surface area contributed by atoms with Gasteiger partial charge >= 0.3 is 5.69 Å². The molecule has 0 atom stereocenters. The average Bonchev–Trinajstić information content (AvgIpc) is 2.41. The van der Waals surface area contributed by atoms with Crippen molar-refractivity contribution in [2.24, 2.45) is 0 Å². The third-order valence-corrected chi connectivity index (χ3v) is 3.66. The van der Waals surface area contributed by atoms with E-state index in [-0.39, 0.29) is 11.3 Å². The summed E-state index contributed by atoms with van der Waals surface area (Å²) in [6.45, 7) is 0. The number of nitrogen functional groups attached to an aromatic ring is 1. The molecule has 108 valence electrons. The lowest BCUT2D eigenvalue weighted by Crippen LogP contribution is -2.15. The summed E-state index contributed by atoms with van der Waals surface area (Å²) in [5.41, 5.74) is 5.32. The number of carbonyl (C=O) groups is 1. The fourth-order valence-electron chi connectivity index (χ4n) is 1.73. The highest BCUT2D eigenvalue weighted by Crippen LogP contribution is 2.28. The van der Waals surface area contributed by atoms with E-state index in [0.29, 0.717) is 10.7 Å². The van der Waals surface area contributed by atoms with Gasteiger partial charge in [-0.2, -0.15) is 0 Å². The molecule has 0 aliphatic carbocycles. The second kappa shape index (κ2) is 6.27. The zero-order valence-corrected chi connectivity index (χ0v) is 13.4. The Labute approximate surface area is 138 Å². The highest BCUT2D eigenvalue weighted by molar-refractivity contribution is 14.1. The van der Waals surface area contributed by atoms with Crippen LogP contribution in [0.1, 0.15) is 10.4 Å². The van der Waals surface area contributed by atoms with Crippen LogP contribution in [0.5, 0.6) is 0 Å². The molecule has 0 aromatic heterocycles. The molecular weight excluding hydrogens is 409 g/mol. The van der Waals surface area contributed by atoms with Gasteiger partial charge in [0.1, 0.15) is 11.3 Å². The summed E-state index contributed by atoms with van der Waals surface area (Å²) in [5, 5.41) is 13.9. The van der Waals surface area contributed by atoms with E-state index >= 15 is 0 Å². The number of anilines is 2. The number of nitro benzene ring substituents is 1. The van der Waals surface area contributed by atoms with Gasteiger partial charge < -0.3 is 11.1 Å². The van der Waals surface area contributed by atoms with E-state index in [1.807, 2.05) is 0 Å². The number of nitrogens with zero attached hydrogens (tertiary/aromatic N) is 1. The summed E-state index contributed by atoms with van der Waals surface area (Å²) in [6.07, 6.45) is 0. The molecule has 0 fully saturated rings. The summed E-state index contributed by atoms with van der Waals surface area (Å²) < 4.78 is 0.908. The van der Waals surface area contributed by atoms with E-state index in [2.05, 4.69) is 27.9 Å². The van der Waals surface area contributed by atoms with E-state index in [0.717, 1.165) is 3.57 Å². The van der Waals surface area contributed by atoms with Crippen molar-refractivity contribution in [3.8, 4) is 0 Å². The minimum Gasteiger partial charge on any atom is -0.393 e. The average molecular weight is 418 g/mol. The van der Waals surface area contributed by atoms with Crippen molar-refractivity contribution >= 4 is 57.2 Å². The van der Waals surface area contributed by atoms with Crippen molar-refractivity contribution in [3.63, 3.8) is 0 Å². The first kappa shape index (κ1) is 15.5. The molecule has 0 aliphatic heterocycles. The normalized spacial score (nSPS) is 10.2. The van der Waals surface area contributed by atoms with Gasteiger partial charge in [-0.3, -0.25) is 14.9 Å². The first-order chi connectivity index (χ1) is 9.90. The Balaban J connectivity index is 2.37. The highest BCUT2D eigenvalue weighted by Gasteiger charge is 2.23. The molecule has 0 saturated carbocycles. The van der Waals surface area contributed by atoms with Crippen LogP contribution in [0.2, 0.25) is 5.02 Å². The Morgan fingerprint density at radius 2 is 2.05 bits per heavy atom. The Morgan fingerprint density at radius 1 is 1.33 bits per heavy atom. The Kier molecular flexibility index (Phi) is 4.63. The Hall–Kier alpha value is -1.87. The molecule has 0 spiro atoms. The van der Waals surface area contributed by atoms with Crippen LogP contribution in [0.25, 0.3) is 0 Å². The first-order valence-corrected chi connectivity index (χ1v) is 7.15. The monoisotopic (exact) mass is 417 g/mol. The number of hydrogen-bond acceptors (Lipinski definition) is 4. The predicted molar refractivity (Wildman–Crippen MR) is 89.6 cm³/mol. The van der Waals surface area contributed by atoms with Gasteiger partial charge in [-0.15, -0.1) is 0 Å². The summed E-state index contributed by atoms with van der Waals surface area (Å²) in [4.78, 5) is 22.5. The van der Waals surface area contributed by atoms with Crippen molar-refractivity contribution in [3.05, 3.63) is 60.7 Å². The van der Waals surface area contributed by atoms with E-state index in [9.17, 15) is 14.9 Å². The van der Waals surface area contributed by atoms with Crippen LogP contribution >= 0.6 is 34.2 Å². The maximum atomic E-state index is 12.2. The standard InChI is InChI=1S/C13H9ClIN3O3/c14-9-6-7(15)4-5-11(9)17-13(19)8-2-1-3-10(16)12(8)18(20)21/h1-6H,16H2,(H,17,19). The van der Waals surface area contributed by atoms with Gasteiger partial charge in [-0.25, -0.2) is 0 Å². The van der Waals surface area contributed by atoms with E-state index < -0.39 is 16.5 Å². The van der Waals surface area contributed by atoms with Gasteiger partial charge in [-0.05, 0) is 52.9 Å². The van der Waals surface area contributed by atoms with Crippen molar-refractivity contribution in [1.29, 1.82) is 0 Å². The Bertz CT molecular complexity index is 737. The van der Waals surface area contributed by atoms with Gasteiger partial charge in [0.05, 0.1) is 15.6 Å². The molecule has 3 N–H and O–H groups in total. The number of benzene rings is 2. The maximum Gasteiger partial charge on any atom is 0.304 e. The number of rotatable bonds is 3. The van der Waals surface area contributed by atoms with Crippen molar-refractivity contribution in [2.45, 2.75) is 0 Å². The number of amides is 1. The number of carbonyl (C=O) groups excluding carboxylic acids is 1. The molecule has 0 radical (unpaired) electrons. The molecule has 0 unspecified atom stereocenters. The quantitative estimate of drug-likeness (QED) is 0.344. The lowest BCUT2D eigenvalue weighted by molar-refractivity contribution is -0.384. The number of halogens is 2. The van der Waals surface area contributed by atoms with Gasteiger partial charge in [0.25, 0.3) is 5.91 Å². The molecule has 0 saturated heterocycles. The van der Waals surface area contributed by atoms with Crippen LogP contribution in [0.3, 0.4) is 0 Å². The molecule has 0 heterocycles. The third-order valence-electron chi connectivity index (χ3n) is 2.67. The minimum atomic E-state index is -0.681. The topological polar surface area (TPSA) is 98.3 Å². The predicted octanol–water partition coefficient (Wildman–Crippen LogP) is 3.69. The van der Waals surface area contributed by atoms with Crippen LogP contribution < -0.4 is 11.1 Å². The van der Waals surface area contributed by atoms with Gasteiger partial charge in [-0.1, -0.05) is 17.7 Å². The number of para-hydroxylation sites is 1. The molecular formula is C13H9ClIN3O3. The zero-order chi connectivity index (χ0) is 15.6. The van der Waals surface area contributed by atoms with Crippen molar-refractivity contribution in [1.82, 2.24) is 0 Å². The smallest absolute Gasteiger partial charge is 0.304 e. The number of nitrogens with one attached hydrogen (secondary N) is 1. The van der Waals surface area contributed by atoms with Crippen molar-refractivity contribution < 1.29 is 9.72 Å². The second-order valence-electron chi connectivity index (χ2n) is 4.08. The number of hydrogen-bond donors (Lipinski definition) is 2. The van der Waals surface area contributed by atoms with E-state index in [1.54, 1.807) is 18.2 Å². The largest absolute Gasteiger partial charge is 0.393 e. The first-order valence-electron chi connectivity index (χ1n) is 5.69. The maximum absolute atomic E-state index is 12.2. The lowest BCUT2D eigenvalue weighted by atomic mass is 10.1. The lowest BCUT2D eigenvalue weighted by Gasteiger charge is -2.08. The molecule has 0 aliphatic rings. The number of nitrogens with two attached hydrogens (primary N) is 1. The SMILES string of the molecule is Nc1cccc(C(=O)Nc2ccc(I)cc2Cl)c1[N+](=O)[O-]. The molecule has 6 nitrogen and oxygen atoms in total. The van der Waals surface area contributed by atoms with Crippen LogP contribution in [-0.4, -0.2) is 10.8 Å². The fraction of sp³-hybridized carbons (Fsp3) is 0. The van der Waals surface area contributed by atoms with Gasteiger partial charge in [0, 0.05) is 3.57 Å². The molecule has 21 heavy (non-hydrogen) atoms. The molecule has 0 bridgehead atoms. The Morgan fingerprint density at radius 3 is 2.67 bits per heavy atom. The molecule has 2 rings (SSSR count). The summed E-state index contributed by atoms with van der Waals surface area (Å²) in [5.74, 6) is -0.642.